The van der Waals surface area contributed by atoms with E-state index in [1.807, 2.05) is 18.2 Å². The van der Waals surface area contributed by atoms with Crippen molar-refractivity contribution >= 4 is 0 Å². The third-order valence-corrected chi connectivity index (χ3v) is 3.06. The zero-order chi connectivity index (χ0) is 11.5. The van der Waals surface area contributed by atoms with E-state index in [4.69, 9.17) is 10.00 Å². The van der Waals surface area contributed by atoms with Crippen LogP contribution in [0.3, 0.4) is 0 Å². The number of nitrogens with one attached hydrogen (secondary N) is 1. The highest BCUT2D eigenvalue weighted by Gasteiger charge is 2.31. The van der Waals surface area contributed by atoms with Crippen LogP contribution in [-0.4, -0.2) is 13.2 Å². The highest BCUT2D eigenvalue weighted by atomic mass is 16.5. The number of nitriles is 1. The van der Waals surface area contributed by atoms with Crippen LogP contribution in [0, 0.1) is 17.2 Å². The monoisotopic (exact) mass is 216 g/mol. The van der Waals surface area contributed by atoms with Gasteiger partial charge in [0.15, 0.2) is 0 Å². The summed E-state index contributed by atoms with van der Waals surface area (Å²) in [5.41, 5.74) is 1.74. The molecule has 0 spiro atoms. The van der Waals surface area contributed by atoms with Crippen LogP contribution in [0.1, 0.15) is 24.5 Å². The van der Waals surface area contributed by atoms with Gasteiger partial charge in [-0.05, 0) is 30.0 Å². The van der Waals surface area contributed by atoms with Crippen molar-refractivity contribution in [3.05, 3.63) is 29.3 Å². The molecule has 1 fully saturated rings. The van der Waals surface area contributed by atoms with Crippen molar-refractivity contribution in [3.63, 3.8) is 0 Å². The average Bonchev–Trinajstić information content (AvgIpc) is 3.02. The van der Waals surface area contributed by atoms with E-state index in [2.05, 4.69) is 18.3 Å². The van der Waals surface area contributed by atoms with E-state index in [0.29, 0.717) is 17.4 Å². The fourth-order valence-electron chi connectivity index (χ4n) is 1.81. The molecule has 2 atom stereocenters. The van der Waals surface area contributed by atoms with E-state index in [1.165, 1.54) is 6.42 Å². The molecule has 1 aliphatic carbocycles. The molecule has 1 saturated carbocycles. The molecule has 1 aromatic carbocycles. The van der Waals surface area contributed by atoms with Crippen LogP contribution in [0.25, 0.3) is 0 Å². The molecule has 1 N–H and O–H groups in total. The molecule has 0 aromatic heterocycles. The molecule has 2 rings (SSSR count). The summed E-state index contributed by atoms with van der Waals surface area (Å²) in [6.45, 7) is 3.07. The molecule has 0 bridgehead atoms. The first-order valence-corrected chi connectivity index (χ1v) is 5.55. The van der Waals surface area contributed by atoms with Crippen LogP contribution in [0.4, 0.5) is 0 Å². The van der Waals surface area contributed by atoms with Crippen LogP contribution in [0.15, 0.2) is 18.2 Å². The van der Waals surface area contributed by atoms with Gasteiger partial charge in [-0.2, -0.15) is 5.26 Å². The van der Waals surface area contributed by atoms with E-state index in [9.17, 15) is 0 Å². The molecular formula is C13H16N2O. The summed E-state index contributed by atoms with van der Waals surface area (Å²) in [6, 6.07) is 8.55. The van der Waals surface area contributed by atoms with Gasteiger partial charge in [0, 0.05) is 12.6 Å². The van der Waals surface area contributed by atoms with Gasteiger partial charge in [-0.25, -0.2) is 0 Å². The zero-order valence-corrected chi connectivity index (χ0v) is 9.66. The number of methoxy groups -OCH3 is 1. The van der Waals surface area contributed by atoms with E-state index >= 15 is 0 Å². The molecule has 3 heteroatoms. The van der Waals surface area contributed by atoms with Crippen molar-refractivity contribution in [1.82, 2.24) is 5.32 Å². The molecule has 0 amide bonds. The lowest BCUT2D eigenvalue weighted by Crippen LogP contribution is -2.17. The number of hydrogen-bond acceptors (Lipinski definition) is 3. The summed E-state index contributed by atoms with van der Waals surface area (Å²) in [4.78, 5) is 0. The Labute approximate surface area is 96.0 Å². The summed E-state index contributed by atoms with van der Waals surface area (Å²) < 4.78 is 5.10. The third kappa shape index (κ3) is 2.34. The topological polar surface area (TPSA) is 45.0 Å². The van der Waals surface area contributed by atoms with Crippen LogP contribution in [0.2, 0.25) is 0 Å². The van der Waals surface area contributed by atoms with E-state index < -0.39 is 0 Å². The smallest absolute Gasteiger partial charge is 0.136 e. The van der Waals surface area contributed by atoms with Gasteiger partial charge in [-0.15, -0.1) is 0 Å². The summed E-state index contributed by atoms with van der Waals surface area (Å²) in [7, 11) is 1.58. The Morgan fingerprint density at radius 2 is 2.31 bits per heavy atom. The van der Waals surface area contributed by atoms with Gasteiger partial charge in [-0.1, -0.05) is 13.0 Å². The highest BCUT2D eigenvalue weighted by Crippen LogP contribution is 2.29. The molecule has 0 radical (unpaired) electrons. The maximum atomic E-state index is 8.96. The van der Waals surface area contributed by atoms with Crippen LogP contribution < -0.4 is 10.1 Å². The molecule has 16 heavy (non-hydrogen) atoms. The first kappa shape index (κ1) is 11.0. The van der Waals surface area contributed by atoms with Gasteiger partial charge in [-0.3, -0.25) is 0 Å². The first-order chi connectivity index (χ1) is 7.74. The summed E-state index contributed by atoms with van der Waals surface area (Å²) in [5, 5.41) is 12.4. The first-order valence-electron chi connectivity index (χ1n) is 5.55. The largest absolute Gasteiger partial charge is 0.495 e. The number of ether oxygens (including phenoxy) is 1. The van der Waals surface area contributed by atoms with E-state index in [1.54, 1.807) is 7.11 Å². The van der Waals surface area contributed by atoms with Gasteiger partial charge in [0.2, 0.25) is 0 Å². The zero-order valence-electron chi connectivity index (χ0n) is 9.66. The average molecular weight is 216 g/mol. The number of hydrogen-bond donors (Lipinski definition) is 1. The minimum absolute atomic E-state index is 0.602. The minimum Gasteiger partial charge on any atom is -0.495 e. The van der Waals surface area contributed by atoms with Crippen molar-refractivity contribution in [3.8, 4) is 11.8 Å². The third-order valence-electron chi connectivity index (χ3n) is 3.06. The molecule has 0 aliphatic heterocycles. The number of nitrogens with zero attached hydrogens (tertiary/aromatic N) is 1. The summed E-state index contributed by atoms with van der Waals surface area (Å²) in [6.07, 6.45) is 1.27. The predicted molar refractivity (Wildman–Crippen MR) is 62.1 cm³/mol. The Kier molecular flexibility index (Phi) is 3.12. The van der Waals surface area contributed by atoms with Gasteiger partial charge in [0.05, 0.1) is 12.7 Å². The van der Waals surface area contributed by atoms with Gasteiger partial charge in [0.25, 0.3) is 0 Å². The van der Waals surface area contributed by atoms with Gasteiger partial charge < -0.3 is 10.1 Å². The van der Waals surface area contributed by atoms with E-state index in [-0.39, 0.29) is 0 Å². The standard InChI is InChI=1S/C13H16N2O/c1-9-5-12(9)15-8-10-3-4-13(16-2)11(6-10)7-14/h3-4,6,9,12,15H,5,8H2,1-2H3. The molecule has 0 heterocycles. The lowest BCUT2D eigenvalue weighted by molar-refractivity contribution is 0.413. The van der Waals surface area contributed by atoms with Gasteiger partial charge in [0.1, 0.15) is 11.8 Å². The lowest BCUT2D eigenvalue weighted by atomic mass is 10.1. The fourth-order valence-corrected chi connectivity index (χ4v) is 1.81. The second kappa shape index (κ2) is 4.54. The molecule has 3 nitrogen and oxygen atoms in total. The van der Waals surface area contributed by atoms with E-state index in [0.717, 1.165) is 18.0 Å². The maximum Gasteiger partial charge on any atom is 0.136 e. The second-order valence-corrected chi connectivity index (χ2v) is 4.35. The van der Waals surface area contributed by atoms with Crippen molar-refractivity contribution < 1.29 is 4.74 Å². The van der Waals surface area contributed by atoms with Crippen molar-refractivity contribution in [2.24, 2.45) is 5.92 Å². The molecule has 2 unspecified atom stereocenters. The van der Waals surface area contributed by atoms with Crippen LogP contribution in [-0.2, 0) is 6.54 Å². The Morgan fingerprint density at radius 3 is 2.88 bits per heavy atom. The highest BCUT2D eigenvalue weighted by molar-refractivity contribution is 5.45. The second-order valence-electron chi connectivity index (χ2n) is 4.35. The Hall–Kier alpha value is -1.53. The Balaban J connectivity index is 2.02. The van der Waals surface area contributed by atoms with Crippen LogP contribution in [0.5, 0.6) is 5.75 Å². The minimum atomic E-state index is 0.602. The lowest BCUT2D eigenvalue weighted by Gasteiger charge is -2.07. The molecule has 84 valence electrons. The predicted octanol–water partition coefficient (Wildman–Crippen LogP) is 2.06. The molecule has 1 aliphatic rings. The summed E-state index contributed by atoms with van der Waals surface area (Å²) in [5.74, 6) is 1.44. The Morgan fingerprint density at radius 1 is 1.56 bits per heavy atom. The van der Waals surface area contributed by atoms with Crippen LogP contribution >= 0.6 is 0 Å². The van der Waals surface area contributed by atoms with Crippen molar-refractivity contribution in [2.45, 2.75) is 25.9 Å². The number of benzene rings is 1. The maximum absolute atomic E-state index is 8.96. The molecule has 0 saturated heterocycles. The van der Waals surface area contributed by atoms with Gasteiger partial charge >= 0.3 is 0 Å². The summed E-state index contributed by atoms with van der Waals surface area (Å²) >= 11 is 0. The van der Waals surface area contributed by atoms with Crippen molar-refractivity contribution in [1.29, 1.82) is 5.26 Å². The normalized spacial score (nSPS) is 22.6. The quantitative estimate of drug-likeness (QED) is 0.838. The molecular weight excluding hydrogens is 200 g/mol. The Bertz CT molecular complexity index is 422. The SMILES string of the molecule is COc1ccc(CNC2CC2C)cc1C#N. The van der Waals surface area contributed by atoms with Crippen molar-refractivity contribution in [2.75, 3.05) is 7.11 Å². The fraction of sp³-hybridized carbons (Fsp3) is 0.462. The molecule has 1 aromatic rings. The number of rotatable bonds is 4.